The number of nitrogens with one attached hydrogen (secondary N) is 1. The van der Waals surface area contributed by atoms with Gasteiger partial charge < -0.3 is 10.5 Å². The van der Waals surface area contributed by atoms with Crippen LogP contribution in [0.15, 0.2) is 28.0 Å². The molecule has 1 aromatic rings. The van der Waals surface area contributed by atoms with E-state index in [0.717, 1.165) is 24.5 Å². The fourth-order valence-corrected chi connectivity index (χ4v) is 3.27. The van der Waals surface area contributed by atoms with Gasteiger partial charge in [0.05, 0.1) is 18.1 Å². The maximum absolute atomic E-state index is 13.6. The van der Waals surface area contributed by atoms with Crippen molar-refractivity contribution < 1.29 is 26.0 Å². The molecule has 0 amide bonds. The Morgan fingerprint density at radius 3 is 2.48 bits per heavy atom. The van der Waals surface area contributed by atoms with Gasteiger partial charge in [-0.15, -0.1) is 0 Å². The second kappa shape index (κ2) is 7.27. The number of sulfone groups is 1. The summed E-state index contributed by atoms with van der Waals surface area (Å²) in [5.74, 6) is -1.03. The zero-order valence-electron chi connectivity index (χ0n) is 11.4. The highest BCUT2D eigenvalue weighted by Crippen LogP contribution is 2.19. The Kier molecular flexibility index (Phi) is 6.23. The third-order valence-electron chi connectivity index (χ3n) is 2.42. The average Bonchev–Trinajstić information content (AvgIpc) is 2.37. The molecule has 3 N–H and O–H groups in total. The van der Waals surface area contributed by atoms with Crippen molar-refractivity contribution in [2.45, 2.75) is 9.79 Å². The first-order valence-corrected chi connectivity index (χ1v) is 9.33. The molecule has 120 valence electrons. The lowest BCUT2D eigenvalue weighted by Crippen LogP contribution is -2.29. The molecule has 0 aliphatic heterocycles. The molecule has 0 aliphatic rings. The lowest BCUT2D eigenvalue weighted by atomic mass is 10.3. The van der Waals surface area contributed by atoms with E-state index in [4.69, 9.17) is 10.5 Å². The Morgan fingerprint density at radius 1 is 1.24 bits per heavy atom. The van der Waals surface area contributed by atoms with Crippen molar-refractivity contribution in [3.8, 4) is 0 Å². The minimum Gasteiger partial charge on any atom is -0.379 e. The molecule has 1 aromatic carbocycles. The zero-order valence-corrected chi connectivity index (χ0v) is 13.0. The van der Waals surface area contributed by atoms with E-state index in [2.05, 4.69) is 4.72 Å². The standard InChI is InChI=1S/C11H17FN2O5S2/c1-20(15,16)9-2-3-10(12)11(8-9)21(17,18)14-5-7-19-6-4-13/h2-3,8,14H,4-7,13H2,1H3. The fraction of sp³-hybridized carbons (Fsp3) is 0.455. The molecule has 0 aliphatic carbocycles. The van der Waals surface area contributed by atoms with Crippen molar-refractivity contribution in [3.05, 3.63) is 24.0 Å². The molecular weight excluding hydrogens is 323 g/mol. The Bertz CT molecular complexity index is 689. The number of benzene rings is 1. The second-order valence-electron chi connectivity index (χ2n) is 4.16. The normalized spacial score (nSPS) is 12.5. The van der Waals surface area contributed by atoms with Gasteiger partial charge in [-0.3, -0.25) is 0 Å². The monoisotopic (exact) mass is 340 g/mol. The lowest BCUT2D eigenvalue weighted by Gasteiger charge is -2.09. The number of sulfonamides is 1. The number of hydrogen-bond acceptors (Lipinski definition) is 6. The van der Waals surface area contributed by atoms with Gasteiger partial charge in [-0.2, -0.15) is 0 Å². The molecule has 10 heteroatoms. The summed E-state index contributed by atoms with van der Waals surface area (Å²) in [6.07, 6.45) is 0.907. The summed E-state index contributed by atoms with van der Waals surface area (Å²) in [6.45, 7) is 0.576. The van der Waals surface area contributed by atoms with Crippen LogP contribution in [0.1, 0.15) is 0 Å². The molecule has 1 rings (SSSR count). The van der Waals surface area contributed by atoms with E-state index in [1.54, 1.807) is 0 Å². The van der Waals surface area contributed by atoms with Crippen molar-refractivity contribution in [1.82, 2.24) is 4.72 Å². The van der Waals surface area contributed by atoms with Gasteiger partial charge in [-0.05, 0) is 18.2 Å². The summed E-state index contributed by atoms with van der Waals surface area (Å²) in [7, 11) is -7.79. The highest BCUT2D eigenvalue weighted by molar-refractivity contribution is 7.91. The molecule has 0 fully saturated rings. The average molecular weight is 340 g/mol. The first-order valence-electron chi connectivity index (χ1n) is 5.95. The minimum atomic E-state index is -4.16. The molecule has 0 atom stereocenters. The number of halogens is 1. The van der Waals surface area contributed by atoms with Crippen molar-refractivity contribution in [2.24, 2.45) is 5.73 Å². The molecule has 0 heterocycles. The van der Waals surface area contributed by atoms with Gasteiger partial charge >= 0.3 is 0 Å². The third-order valence-corrected chi connectivity index (χ3v) is 5.01. The van der Waals surface area contributed by atoms with Crippen molar-refractivity contribution in [1.29, 1.82) is 0 Å². The molecule has 0 spiro atoms. The van der Waals surface area contributed by atoms with Gasteiger partial charge in [-0.25, -0.2) is 25.9 Å². The van der Waals surface area contributed by atoms with Crippen LogP contribution in [-0.2, 0) is 24.6 Å². The van der Waals surface area contributed by atoms with E-state index < -0.39 is 30.6 Å². The van der Waals surface area contributed by atoms with Crippen molar-refractivity contribution in [2.75, 3.05) is 32.6 Å². The van der Waals surface area contributed by atoms with Crippen LogP contribution in [0.25, 0.3) is 0 Å². The highest BCUT2D eigenvalue weighted by atomic mass is 32.2. The first-order chi connectivity index (χ1) is 9.68. The van der Waals surface area contributed by atoms with Gasteiger partial charge in [0.25, 0.3) is 0 Å². The van der Waals surface area contributed by atoms with E-state index in [9.17, 15) is 21.2 Å². The Balaban J connectivity index is 2.92. The van der Waals surface area contributed by atoms with E-state index in [-0.39, 0.29) is 24.7 Å². The second-order valence-corrected chi connectivity index (χ2v) is 7.91. The van der Waals surface area contributed by atoms with Crippen molar-refractivity contribution >= 4 is 19.9 Å². The van der Waals surface area contributed by atoms with Crippen LogP contribution < -0.4 is 10.5 Å². The number of rotatable bonds is 8. The molecule has 7 nitrogen and oxygen atoms in total. The number of hydrogen-bond donors (Lipinski definition) is 2. The van der Waals surface area contributed by atoms with Gasteiger partial charge in [0.15, 0.2) is 9.84 Å². The molecule has 0 aromatic heterocycles. The zero-order chi connectivity index (χ0) is 16.1. The quantitative estimate of drug-likeness (QED) is 0.486. The predicted octanol–water partition coefficient (Wildman–Crippen LogP) is -0.517. The lowest BCUT2D eigenvalue weighted by molar-refractivity contribution is 0.147. The molecule has 0 radical (unpaired) electrons. The fourth-order valence-electron chi connectivity index (χ4n) is 1.43. The maximum Gasteiger partial charge on any atom is 0.243 e. The van der Waals surface area contributed by atoms with Crippen LogP contribution in [0.3, 0.4) is 0 Å². The molecule has 21 heavy (non-hydrogen) atoms. The summed E-state index contributed by atoms with van der Waals surface area (Å²) < 4.78 is 67.4. The molecule has 0 saturated carbocycles. The van der Waals surface area contributed by atoms with Crippen LogP contribution >= 0.6 is 0 Å². The van der Waals surface area contributed by atoms with E-state index in [0.29, 0.717) is 6.54 Å². The predicted molar refractivity (Wildman–Crippen MR) is 74.6 cm³/mol. The van der Waals surface area contributed by atoms with Crippen LogP contribution in [0.2, 0.25) is 0 Å². The van der Waals surface area contributed by atoms with Crippen molar-refractivity contribution in [3.63, 3.8) is 0 Å². The van der Waals surface area contributed by atoms with Crippen LogP contribution in [0.4, 0.5) is 4.39 Å². The molecule has 0 bridgehead atoms. The Labute approximate surface area is 123 Å². The van der Waals surface area contributed by atoms with Crippen LogP contribution in [-0.4, -0.2) is 49.4 Å². The first kappa shape index (κ1) is 18.0. The maximum atomic E-state index is 13.6. The topological polar surface area (TPSA) is 116 Å². The van der Waals surface area contributed by atoms with E-state index in [1.807, 2.05) is 0 Å². The van der Waals surface area contributed by atoms with Gasteiger partial charge in [0.2, 0.25) is 10.0 Å². The molecule has 0 saturated heterocycles. The Hall–Kier alpha value is -1.07. The SMILES string of the molecule is CS(=O)(=O)c1ccc(F)c(S(=O)(=O)NCCOCCN)c1. The number of ether oxygens (including phenoxy) is 1. The van der Waals surface area contributed by atoms with Gasteiger partial charge in [0.1, 0.15) is 10.7 Å². The van der Waals surface area contributed by atoms with Gasteiger partial charge in [-0.1, -0.05) is 0 Å². The molecular formula is C11H17FN2O5S2. The Morgan fingerprint density at radius 2 is 1.90 bits per heavy atom. The summed E-state index contributed by atoms with van der Waals surface area (Å²) in [5.41, 5.74) is 5.19. The largest absolute Gasteiger partial charge is 0.379 e. The summed E-state index contributed by atoms with van der Waals surface area (Å²) in [5, 5.41) is 0. The summed E-state index contributed by atoms with van der Waals surface area (Å²) >= 11 is 0. The van der Waals surface area contributed by atoms with Crippen LogP contribution in [0.5, 0.6) is 0 Å². The summed E-state index contributed by atoms with van der Waals surface area (Å²) in [6, 6.07) is 2.59. The van der Waals surface area contributed by atoms with Gasteiger partial charge in [0, 0.05) is 19.3 Å². The summed E-state index contributed by atoms with van der Waals surface area (Å²) in [4.78, 5) is -0.993. The molecule has 0 unspecified atom stereocenters. The van der Waals surface area contributed by atoms with Crippen LogP contribution in [0, 0.1) is 5.82 Å². The highest BCUT2D eigenvalue weighted by Gasteiger charge is 2.21. The van der Waals surface area contributed by atoms with E-state index >= 15 is 0 Å². The van der Waals surface area contributed by atoms with E-state index in [1.165, 1.54) is 0 Å². The third kappa shape index (κ3) is 5.32. The number of nitrogens with two attached hydrogens (primary N) is 1. The minimum absolute atomic E-state index is 0.0732. The smallest absolute Gasteiger partial charge is 0.243 e.